The molecule has 0 radical (unpaired) electrons. The molecule has 33 heavy (non-hydrogen) atoms. The van der Waals surface area contributed by atoms with Crippen LogP contribution in [0.3, 0.4) is 0 Å². The topological polar surface area (TPSA) is 57.2 Å². The second-order valence-corrected chi connectivity index (χ2v) is 8.64. The van der Waals surface area contributed by atoms with Gasteiger partial charge in [-0.3, -0.25) is 0 Å². The Morgan fingerprint density at radius 1 is 1.03 bits per heavy atom. The zero-order valence-corrected chi connectivity index (χ0v) is 19.0. The molecule has 3 aromatic carbocycles. The van der Waals surface area contributed by atoms with Crippen LogP contribution in [0.2, 0.25) is 0 Å². The first kappa shape index (κ1) is 21.1. The molecule has 0 saturated carbocycles. The summed E-state index contributed by atoms with van der Waals surface area (Å²) in [6, 6.07) is 24.1. The second kappa shape index (κ2) is 8.98. The van der Waals surface area contributed by atoms with Crippen LogP contribution in [0.5, 0.6) is 11.5 Å². The van der Waals surface area contributed by atoms with E-state index in [1.165, 1.54) is 0 Å². The van der Waals surface area contributed by atoms with Crippen molar-refractivity contribution in [2.75, 3.05) is 19.6 Å². The van der Waals surface area contributed by atoms with Crippen LogP contribution >= 0.6 is 0 Å². The average Bonchev–Trinajstić information content (AvgIpc) is 2.99. The number of nitrogens with zero attached hydrogens (tertiary/aromatic N) is 3. The van der Waals surface area contributed by atoms with Crippen LogP contribution in [-0.2, 0) is 6.54 Å². The van der Waals surface area contributed by atoms with Gasteiger partial charge >= 0.3 is 6.03 Å². The molecule has 0 aromatic heterocycles. The van der Waals surface area contributed by atoms with E-state index in [4.69, 9.17) is 9.73 Å². The summed E-state index contributed by atoms with van der Waals surface area (Å²) in [5, 5.41) is 3.06. The van der Waals surface area contributed by atoms with Crippen LogP contribution in [0.1, 0.15) is 23.6 Å². The van der Waals surface area contributed by atoms with Gasteiger partial charge in [0.15, 0.2) is 5.75 Å². The minimum atomic E-state index is -0.0290. The predicted molar refractivity (Wildman–Crippen MR) is 130 cm³/mol. The lowest BCUT2D eigenvalue weighted by Gasteiger charge is -2.41. The minimum Gasteiger partial charge on any atom is -0.454 e. The van der Waals surface area contributed by atoms with Crippen LogP contribution in [0.25, 0.3) is 0 Å². The number of ether oxygens (including phenoxy) is 1. The van der Waals surface area contributed by atoms with Crippen LogP contribution in [-0.4, -0.2) is 47.3 Å². The van der Waals surface area contributed by atoms with Gasteiger partial charge in [-0.15, -0.1) is 0 Å². The highest BCUT2D eigenvalue weighted by molar-refractivity contribution is 6.04. The fourth-order valence-electron chi connectivity index (χ4n) is 4.40. The Kier molecular flexibility index (Phi) is 5.73. The first-order valence-corrected chi connectivity index (χ1v) is 11.4. The number of fused-ring (bicyclic) bond motifs is 2. The Balaban J connectivity index is 1.35. The highest BCUT2D eigenvalue weighted by Gasteiger charge is 2.31. The summed E-state index contributed by atoms with van der Waals surface area (Å²) in [7, 11) is 0. The Labute approximate surface area is 194 Å². The van der Waals surface area contributed by atoms with Crippen molar-refractivity contribution in [3.8, 4) is 11.5 Å². The molecule has 5 rings (SSSR count). The van der Waals surface area contributed by atoms with Crippen molar-refractivity contribution in [1.82, 2.24) is 15.1 Å². The van der Waals surface area contributed by atoms with Gasteiger partial charge < -0.3 is 19.9 Å². The average molecular weight is 441 g/mol. The van der Waals surface area contributed by atoms with E-state index in [0.29, 0.717) is 26.2 Å². The number of amides is 2. The van der Waals surface area contributed by atoms with E-state index in [9.17, 15) is 4.79 Å². The summed E-state index contributed by atoms with van der Waals surface area (Å²) >= 11 is 0. The summed E-state index contributed by atoms with van der Waals surface area (Å²) in [5.41, 5.74) is 4.05. The lowest BCUT2D eigenvalue weighted by Crippen LogP contribution is -2.57. The Hall–Kier alpha value is -3.80. The number of aliphatic imine (C=N–C) groups is 1. The molecule has 0 aliphatic carbocycles. The second-order valence-electron chi connectivity index (χ2n) is 8.64. The summed E-state index contributed by atoms with van der Waals surface area (Å²) in [5.74, 6) is 2.46. The number of piperazine rings is 1. The van der Waals surface area contributed by atoms with Crippen molar-refractivity contribution in [3.05, 3.63) is 89.5 Å². The van der Waals surface area contributed by atoms with Crippen LogP contribution in [0.4, 0.5) is 10.5 Å². The van der Waals surface area contributed by atoms with E-state index in [-0.39, 0.29) is 12.1 Å². The van der Waals surface area contributed by atoms with Gasteiger partial charge in [-0.2, -0.15) is 0 Å². The van der Waals surface area contributed by atoms with E-state index >= 15 is 0 Å². The highest BCUT2D eigenvalue weighted by Crippen LogP contribution is 2.38. The normalized spacial score (nSPS) is 17.3. The zero-order chi connectivity index (χ0) is 22.8. The largest absolute Gasteiger partial charge is 0.454 e. The number of hydrogen-bond donors (Lipinski definition) is 1. The van der Waals surface area contributed by atoms with Gasteiger partial charge in [0.2, 0.25) is 0 Å². The number of aryl methyl sites for hydroxylation is 1. The summed E-state index contributed by atoms with van der Waals surface area (Å²) in [6.07, 6.45) is 0. The molecule has 6 nitrogen and oxygen atoms in total. The third-order valence-electron chi connectivity index (χ3n) is 6.16. The molecule has 1 N–H and O–H groups in total. The van der Waals surface area contributed by atoms with E-state index in [0.717, 1.165) is 39.7 Å². The van der Waals surface area contributed by atoms with Gasteiger partial charge in [-0.25, -0.2) is 9.79 Å². The summed E-state index contributed by atoms with van der Waals surface area (Å²) in [4.78, 5) is 22.1. The van der Waals surface area contributed by atoms with Crippen LogP contribution in [0, 0.1) is 6.92 Å². The maximum atomic E-state index is 12.9. The lowest BCUT2D eigenvalue weighted by molar-refractivity contribution is 0.134. The number of carbonyl (C=O) groups excluding carboxylic acids is 1. The molecule has 1 unspecified atom stereocenters. The van der Waals surface area contributed by atoms with Crippen molar-refractivity contribution in [1.29, 1.82) is 0 Å². The van der Waals surface area contributed by atoms with Gasteiger partial charge in [-0.05, 0) is 43.7 Å². The smallest absolute Gasteiger partial charge is 0.318 e. The minimum absolute atomic E-state index is 0.0290. The molecule has 1 saturated heterocycles. The Morgan fingerprint density at radius 3 is 2.64 bits per heavy atom. The van der Waals surface area contributed by atoms with Gasteiger partial charge in [0.05, 0.1) is 5.56 Å². The molecule has 2 amide bonds. The molecule has 3 aromatic rings. The standard InChI is InChI=1S/C27H28N4O2/c1-19-12-13-24-22(16-19)26(29-23-10-6-7-11-25(23)33-24)30-14-15-31(20(2)18-30)27(32)28-17-21-8-4-3-5-9-21/h3-13,16,20H,14-15,17-18H2,1-2H3,(H,28,32). The Bertz CT molecular complexity index is 1190. The molecule has 1 atom stereocenters. The van der Waals surface area contributed by atoms with Crippen LogP contribution < -0.4 is 10.1 Å². The first-order valence-electron chi connectivity index (χ1n) is 11.4. The molecule has 6 heteroatoms. The molecule has 1 fully saturated rings. The fourth-order valence-corrected chi connectivity index (χ4v) is 4.40. The molecule has 2 aliphatic heterocycles. The number of carbonyl (C=O) groups is 1. The number of para-hydroxylation sites is 2. The molecule has 168 valence electrons. The molecular weight excluding hydrogens is 412 g/mol. The van der Waals surface area contributed by atoms with Gasteiger partial charge in [-0.1, -0.05) is 54.1 Å². The number of rotatable bonds is 2. The number of benzene rings is 3. The van der Waals surface area contributed by atoms with Crippen molar-refractivity contribution in [2.45, 2.75) is 26.4 Å². The van der Waals surface area contributed by atoms with Crippen LogP contribution in [0.15, 0.2) is 77.8 Å². The lowest BCUT2D eigenvalue weighted by atomic mass is 10.1. The SMILES string of the molecule is Cc1ccc2c(c1)C(N1CCN(C(=O)NCc3ccccc3)C(C)C1)=Nc1ccccc1O2. The molecular formula is C27H28N4O2. The van der Waals surface area contributed by atoms with Crippen molar-refractivity contribution in [2.24, 2.45) is 4.99 Å². The number of amidine groups is 1. The van der Waals surface area contributed by atoms with E-state index in [2.05, 4.69) is 36.2 Å². The first-order chi connectivity index (χ1) is 16.1. The highest BCUT2D eigenvalue weighted by atomic mass is 16.5. The number of hydrogen-bond acceptors (Lipinski definition) is 4. The predicted octanol–water partition coefficient (Wildman–Crippen LogP) is 5.09. The van der Waals surface area contributed by atoms with Crippen molar-refractivity contribution < 1.29 is 9.53 Å². The molecule has 2 aliphatic rings. The van der Waals surface area contributed by atoms with E-state index in [1.54, 1.807) is 0 Å². The maximum Gasteiger partial charge on any atom is 0.318 e. The molecule has 0 spiro atoms. The summed E-state index contributed by atoms with van der Waals surface area (Å²) < 4.78 is 6.22. The zero-order valence-electron chi connectivity index (χ0n) is 19.0. The maximum absolute atomic E-state index is 12.9. The van der Waals surface area contributed by atoms with Crippen molar-refractivity contribution in [3.63, 3.8) is 0 Å². The Morgan fingerprint density at radius 2 is 1.82 bits per heavy atom. The fraction of sp³-hybridized carbons (Fsp3) is 0.259. The third kappa shape index (κ3) is 4.42. The van der Waals surface area contributed by atoms with E-state index < -0.39 is 0 Å². The quantitative estimate of drug-likeness (QED) is 0.604. The van der Waals surface area contributed by atoms with Gasteiger partial charge in [0.1, 0.15) is 17.3 Å². The third-order valence-corrected chi connectivity index (χ3v) is 6.16. The van der Waals surface area contributed by atoms with E-state index in [1.807, 2.05) is 65.6 Å². The number of nitrogens with one attached hydrogen (secondary N) is 1. The monoisotopic (exact) mass is 440 g/mol. The van der Waals surface area contributed by atoms with Gasteiger partial charge in [0.25, 0.3) is 0 Å². The van der Waals surface area contributed by atoms with Crippen molar-refractivity contribution >= 4 is 17.6 Å². The number of urea groups is 1. The van der Waals surface area contributed by atoms with Gasteiger partial charge in [0, 0.05) is 32.2 Å². The molecule has 0 bridgehead atoms. The summed E-state index contributed by atoms with van der Waals surface area (Å²) in [6.45, 7) is 6.73. The molecule has 2 heterocycles.